The van der Waals surface area contributed by atoms with E-state index in [2.05, 4.69) is 62.5 Å². The molecule has 0 aromatic carbocycles. The number of ether oxygens (including phenoxy) is 2. The lowest BCUT2D eigenvalue weighted by molar-refractivity contribution is -0.220. The molecule has 1 aliphatic rings. The van der Waals surface area contributed by atoms with Crippen molar-refractivity contribution in [2.45, 2.75) is 185 Å². The molecule has 1 fully saturated rings. The van der Waals surface area contributed by atoms with Crippen molar-refractivity contribution in [3.8, 4) is 0 Å². The number of hydrogen-bond acceptors (Lipinski definition) is 12. The monoisotopic (exact) mass is 881 g/mol. The van der Waals surface area contributed by atoms with Gasteiger partial charge in [-0.1, -0.05) is 144 Å². The smallest absolute Gasteiger partial charge is 0.462 e. The first kappa shape index (κ1) is 56.0. The predicted octanol–water partition coefficient (Wildman–Crippen LogP) is 8.50. The van der Waals surface area contributed by atoms with E-state index in [9.17, 15) is 44.6 Å². The Morgan fingerprint density at radius 1 is 0.541 bits per heavy atom. The van der Waals surface area contributed by atoms with Crippen LogP contribution in [-0.2, 0) is 32.7 Å². The maximum absolute atomic E-state index is 12.8. The zero-order chi connectivity index (χ0) is 45.0. The summed E-state index contributed by atoms with van der Waals surface area (Å²) in [7, 11) is -5.14. The number of carbonyl (C=O) groups is 2. The number of rotatable bonds is 35. The summed E-state index contributed by atoms with van der Waals surface area (Å²) in [6, 6.07) is 0. The fourth-order valence-electron chi connectivity index (χ4n) is 6.18. The van der Waals surface area contributed by atoms with Crippen LogP contribution in [0.25, 0.3) is 0 Å². The molecule has 0 aromatic heterocycles. The van der Waals surface area contributed by atoms with E-state index in [1.54, 1.807) is 0 Å². The van der Waals surface area contributed by atoms with Crippen LogP contribution in [0.5, 0.6) is 0 Å². The van der Waals surface area contributed by atoms with Gasteiger partial charge in [-0.3, -0.25) is 18.6 Å². The Hall–Kier alpha value is -2.97. The lowest BCUT2D eigenvalue weighted by atomic mass is 9.85. The molecule has 13 nitrogen and oxygen atoms in total. The van der Waals surface area contributed by atoms with E-state index in [4.69, 9.17) is 18.5 Å². The number of esters is 2. The Labute approximate surface area is 365 Å². The first-order chi connectivity index (χ1) is 29.4. The van der Waals surface area contributed by atoms with E-state index in [1.807, 2.05) is 36.5 Å². The minimum Gasteiger partial charge on any atom is -0.462 e. The lowest BCUT2D eigenvalue weighted by Gasteiger charge is -2.41. The van der Waals surface area contributed by atoms with Gasteiger partial charge in [0.25, 0.3) is 0 Å². The molecule has 0 spiro atoms. The van der Waals surface area contributed by atoms with Crippen molar-refractivity contribution in [2.24, 2.45) is 0 Å². The molecule has 348 valence electrons. The molecular formula is C47H77O13P. The Bertz CT molecular complexity index is 1390. The van der Waals surface area contributed by atoms with E-state index in [1.165, 1.54) is 19.3 Å². The Balaban J connectivity index is 2.52. The van der Waals surface area contributed by atoms with Gasteiger partial charge in [0.2, 0.25) is 0 Å². The zero-order valence-electron chi connectivity index (χ0n) is 36.7. The molecule has 1 aliphatic carbocycles. The predicted molar refractivity (Wildman–Crippen MR) is 239 cm³/mol. The first-order valence-electron chi connectivity index (χ1n) is 22.4. The van der Waals surface area contributed by atoms with Crippen LogP contribution in [0.2, 0.25) is 0 Å². The summed E-state index contributed by atoms with van der Waals surface area (Å²) >= 11 is 0. The Morgan fingerprint density at radius 3 is 1.57 bits per heavy atom. The molecule has 0 aliphatic heterocycles. The van der Waals surface area contributed by atoms with Gasteiger partial charge < -0.3 is 39.9 Å². The normalized spacial score (nSPS) is 22.8. The van der Waals surface area contributed by atoms with E-state index < -0.39 is 75.7 Å². The third kappa shape index (κ3) is 29.1. The molecule has 0 heterocycles. The van der Waals surface area contributed by atoms with E-state index in [0.29, 0.717) is 12.8 Å². The highest BCUT2D eigenvalue weighted by Crippen LogP contribution is 2.47. The van der Waals surface area contributed by atoms with E-state index >= 15 is 0 Å². The standard InChI is InChI=1S/C47H77O13P/c1-3-5-7-9-11-13-15-17-19-20-22-24-26-28-30-32-34-36-41(49)59-39(38-58-61(55,56)60-47-45(53)43(51)42(50)44(52)46(47)54)37-57-40(48)35-33-31-29-27-25-23-21-18-16-14-12-10-8-6-4-2/h6,8,10-14,16-19,21-22,24,39,42-47,50-54H,3-5,7,9,15,20,23,25-38H2,1-2H3,(H,55,56)/b8-6+,12-10+,13-11+,16-14+,19-17+,21-18+,24-22+/t39-,42?,43+,44?,45?,46?,47?/m1/s1. The van der Waals surface area contributed by atoms with Crippen molar-refractivity contribution in [3.63, 3.8) is 0 Å². The van der Waals surface area contributed by atoms with Crippen LogP contribution in [0.4, 0.5) is 0 Å². The number of hydrogen-bond donors (Lipinski definition) is 6. The second kappa shape index (κ2) is 36.5. The molecule has 1 rings (SSSR count). The van der Waals surface area contributed by atoms with Crippen molar-refractivity contribution >= 4 is 19.8 Å². The summed E-state index contributed by atoms with van der Waals surface area (Å²) in [6.07, 6.45) is 33.5. The van der Waals surface area contributed by atoms with Gasteiger partial charge >= 0.3 is 19.8 Å². The highest BCUT2D eigenvalue weighted by molar-refractivity contribution is 7.47. The fourth-order valence-corrected chi connectivity index (χ4v) is 7.16. The molecule has 14 heteroatoms. The van der Waals surface area contributed by atoms with E-state index in [0.717, 1.165) is 83.5 Å². The van der Waals surface area contributed by atoms with Gasteiger partial charge in [-0.15, -0.1) is 0 Å². The third-order valence-electron chi connectivity index (χ3n) is 9.82. The molecule has 0 saturated heterocycles. The summed E-state index contributed by atoms with van der Waals surface area (Å²) in [5.74, 6) is -1.16. The number of aliphatic hydroxyl groups is 5. The molecule has 0 amide bonds. The van der Waals surface area contributed by atoms with Gasteiger partial charge in [-0.2, -0.15) is 0 Å². The van der Waals surface area contributed by atoms with Gasteiger partial charge in [0.05, 0.1) is 6.61 Å². The molecule has 0 aromatic rings. The van der Waals surface area contributed by atoms with Crippen LogP contribution in [0.3, 0.4) is 0 Å². The van der Waals surface area contributed by atoms with Crippen molar-refractivity contribution in [2.75, 3.05) is 13.2 Å². The lowest BCUT2D eigenvalue weighted by Crippen LogP contribution is -2.64. The molecule has 0 radical (unpaired) electrons. The van der Waals surface area contributed by atoms with Crippen LogP contribution in [-0.4, -0.2) is 98.3 Å². The number of phosphoric acid groups is 1. The van der Waals surface area contributed by atoms with Crippen molar-refractivity contribution in [1.29, 1.82) is 0 Å². The quantitative estimate of drug-likeness (QED) is 0.0116. The molecule has 6 unspecified atom stereocenters. The summed E-state index contributed by atoms with van der Waals surface area (Å²) in [4.78, 5) is 35.7. The number of aliphatic hydroxyl groups excluding tert-OH is 5. The van der Waals surface area contributed by atoms with Gasteiger partial charge in [-0.05, 0) is 70.6 Å². The van der Waals surface area contributed by atoms with E-state index in [-0.39, 0.29) is 12.8 Å². The molecule has 61 heavy (non-hydrogen) atoms. The van der Waals surface area contributed by atoms with Gasteiger partial charge in [0, 0.05) is 12.8 Å². The fraction of sp³-hybridized carbons (Fsp3) is 0.660. The SMILES string of the molecule is CC/C=C/C=C/C=C/C=C/CCCCCCCC(=O)OC[C@H](COP(=O)(O)OC1C(O)C(O)C(O)[C@H](O)C1O)OC(=O)CCCCCC/C=C/C/C=C/C/C=C/CCCCC. The Morgan fingerprint density at radius 2 is 1.00 bits per heavy atom. The average Bonchev–Trinajstić information content (AvgIpc) is 3.24. The number of phosphoric ester groups is 1. The maximum Gasteiger partial charge on any atom is 0.472 e. The molecular weight excluding hydrogens is 803 g/mol. The Kier molecular flexibility index (Phi) is 33.5. The summed E-state index contributed by atoms with van der Waals surface area (Å²) < 4.78 is 33.5. The van der Waals surface area contributed by atoms with Gasteiger partial charge in [0.15, 0.2) is 6.10 Å². The van der Waals surface area contributed by atoms with Crippen LogP contribution in [0.1, 0.15) is 142 Å². The van der Waals surface area contributed by atoms with Crippen LogP contribution in [0.15, 0.2) is 85.1 Å². The highest BCUT2D eigenvalue weighted by atomic mass is 31.2. The summed E-state index contributed by atoms with van der Waals surface area (Å²) in [5, 5.41) is 50.1. The van der Waals surface area contributed by atoms with Crippen molar-refractivity contribution in [1.82, 2.24) is 0 Å². The number of unbranched alkanes of at least 4 members (excludes halogenated alkanes) is 12. The van der Waals surface area contributed by atoms with Crippen molar-refractivity contribution < 1.29 is 63.1 Å². The summed E-state index contributed by atoms with van der Waals surface area (Å²) in [6.45, 7) is 3.07. The minimum absolute atomic E-state index is 0.0603. The molecule has 6 N–H and O–H groups in total. The van der Waals surface area contributed by atoms with Gasteiger partial charge in [0.1, 0.15) is 43.2 Å². The second-order valence-electron chi connectivity index (χ2n) is 15.3. The first-order valence-corrected chi connectivity index (χ1v) is 23.9. The molecule has 8 atom stereocenters. The summed E-state index contributed by atoms with van der Waals surface area (Å²) in [5.41, 5.74) is 0. The minimum atomic E-state index is -5.14. The topological polar surface area (TPSA) is 210 Å². The largest absolute Gasteiger partial charge is 0.472 e. The van der Waals surface area contributed by atoms with Crippen LogP contribution < -0.4 is 0 Å². The number of carbonyl (C=O) groups excluding carboxylic acids is 2. The van der Waals surface area contributed by atoms with Crippen LogP contribution in [0, 0.1) is 0 Å². The maximum atomic E-state index is 12.8. The number of allylic oxidation sites excluding steroid dienone is 14. The second-order valence-corrected chi connectivity index (χ2v) is 16.7. The van der Waals surface area contributed by atoms with Gasteiger partial charge in [-0.25, -0.2) is 4.57 Å². The van der Waals surface area contributed by atoms with Crippen LogP contribution >= 0.6 is 7.82 Å². The highest BCUT2D eigenvalue weighted by Gasteiger charge is 2.51. The average molecular weight is 881 g/mol. The van der Waals surface area contributed by atoms with Crippen molar-refractivity contribution in [3.05, 3.63) is 85.1 Å². The molecule has 1 saturated carbocycles. The zero-order valence-corrected chi connectivity index (χ0v) is 37.6. The molecule has 0 bridgehead atoms. The third-order valence-corrected chi connectivity index (χ3v) is 10.8.